The number of fused-ring (bicyclic) bond motifs is 1. The number of hydrogen-bond acceptors (Lipinski definition) is 3. The zero-order valence-corrected chi connectivity index (χ0v) is 10.4. The molecule has 2 aromatic rings. The van der Waals surface area contributed by atoms with E-state index in [0.717, 1.165) is 42.9 Å². The van der Waals surface area contributed by atoms with Crippen LogP contribution in [-0.2, 0) is 0 Å². The molecule has 94 valence electrons. The molecule has 3 rings (SSSR count). The molecule has 3 nitrogen and oxygen atoms in total. The Labute approximate surface area is 107 Å². The summed E-state index contributed by atoms with van der Waals surface area (Å²) in [5.41, 5.74) is 0.953. The summed E-state index contributed by atoms with van der Waals surface area (Å²) in [6, 6.07) is 10.4. The van der Waals surface area contributed by atoms with Crippen molar-refractivity contribution in [1.29, 1.82) is 0 Å². The highest BCUT2D eigenvalue weighted by Crippen LogP contribution is 2.28. The fourth-order valence-electron chi connectivity index (χ4n) is 2.55. The van der Waals surface area contributed by atoms with Crippen LogP contribution in [0.2, 0.25) is 0 Å². The first-order valence-corrected chi connectivity index (χ1v) is 6.44. The van der Waals surface area contributed by atoms with E-state index in [0.29, 0.717) is 0 Å². The highest BCUT2D eigenvalue weighted by molar-refractivity contribution is 5.77. The van der Waals surface area contributed by atoms with Crippen LogP contribution in [0.5, 0.6) is 0 Å². The van der Waals surface area contributed by atoms with Gasteiger partial charge in [0.2, 0.25) is 0 Å². The molecule has 2 heterocycles. The van der Waals surface area contributed by atoms with Crippen molar-refractivity contribution in [2.45, 2.75) is 6.04 Å². The Bertz CT molecular complexity index is 507. The van der Waals surface area contributed by atoms with Gasteiger partial charge >= 0.3 is 0 Å². The second kappa shape index (κ2) is 4.96. The average Bonchev–Trinajstić information content (AvgIpc) is 2.84. The highest BCUT2D eigenvalue weighted by atomic mass is 16.3. The van der Waals surface area contributed by atoms with Crippen LogP contribution in [0.15, 0.2) is 47.4 Å². The molecule has 1 fully saturated rings. The summed E-state index contributed by atoms with van der Waals surface area (Å²) in [4.78, 5) is 2.40. The lowest BCUT2D eigenvalue weighted by molar-refractivity contribution is 0.187. The summed E-state index contributed by atoms with van der Waals surface area (Å²) in [5.74, 6) is 0.994. The summed E-state index contributed by atoms with van der Waals surface area (Å²) in [6.45, 7) is 8.10. The van der Waals surface area contributed by atoms with Crippen molar-refractivity contribution in [3.05, 3.63) is 48.7 Å². The predicted molar refractivity (Wildman–Crippen MR) is 73.6 cm³/mol. The van der Waals surface area contributed by atoms with Gasteiger partial charge in [-0.25, -0.2) is 0 Å². The molecule has 0 aliphatic carbocycles. The molecule has 0 amide bonds. The minimum Gasteiger partial charge on any atom is -0.459 e. The summed E-state index contributed by atoms with van der Waals surface area (Å²) in [7, 11) is 0. The summed E-state index contributed by atoms with van der Waals surface area (Å²) < 4.78 is 5.94. The van der Waals surface area contributed by atoms with Crippen LogP contribution in [0, 0.1) is 0 Å². The smallest absolute Gasteiger partial charge is 0.134 e. The molecule has 18 heavy (non-hydrogen) atoms. The van der Waals surface area contributed by atoms with E-state index in [9.17, 15) is 0 Å². The maximum absolute atomic E-state index is 5.94. The molecular formula is C15H18N2O. The highest BCUT2D eigenvalue weighted by Gasteiger charge is 2.22. The lowest BCUT2D eigenvalue weighted by atomic mass is 10.1. The van der Waals surface area contributed by atoms with E-state index in [4.69, 9.17) is 4.42 Å². The third-order valence-corrected chi connectivity index (χ3v) is 3.50. The second-order valence-electron chi connectivity index (χ2n) is 4.65. The maximum atomic E-state index is 5.94. The van der Waals surface area contributed by atoms with Gasteiger partial charge in [-0.3, -0.25) is 4.90 Å². The molecule has 1 aliphatic heterocycles. The van der Waals surface area contributed by atoms with E-state index < -0.39 is 0 Å². The van der Waals surface area contributed by atoms with Gasteiger partial charge in [-0.15, -0.1) is 6.58 Å². The number of nitrogens with one attached hydrogen (secondary N) is 1. The van der Waals surface area contributed by atoms with Crippen LogP contribution in [0.1, 0.15) is 11.8 Å². The van der Waals surface area contributed by atoms with Gasteiger partial charge in [0.1, 0.15) is 11.3 Å². The molecule has 1 unspecified atom stereocenters. The molecule has 0 spiro atoms. The average molecular weight is 242 g/mol. The molecule has 1 aromatic heterocycles. The molecular weight excluding hydrogens is 224 g/mol. The SMILES string of the molecule is C=CC(c1cc2ccccc2o1)N1CCNCC1. The second-order valence-corrected chi connectivity index (χ2v) is 4.65. The van der Waals surface area contributed by atoms with Gasteiger partial charge < -0.3 is 9.73 Å². The molecule has 1 saturated heterocycles. The van der Waals surface area contributed by atoms with Crippen LogP contribution in [-0.4, -0.2) is 31.1 Å². The Morgan fingerprint density at radius 1 is 1.28 bits per heavy atom. The Morgan fingerprint density at radius 2 is 2.06 bits per heavy atom. The first-order chi connectivity index (χ1) is 8.88. The van der Waals surface area contributed by atoms with Crippen LogP contribution in [0.4, 0.5) is 0 Å². The molecule has 1 aliphatic rings. The summed E-state index contributed by atoms with van der Waals surface area (Å²) >= 11 is 0. The number of para-hydroxylation sites is 1. The van der Waals surface area contributed by atoms with E-state index in [1.807, 2.05) is 24.3 Å². The Kier molecular flexibility index (Phi) is 3.17. The minimum absolute atomic E-state index is 0.180. The molecule has 1 atom stereocenters. The number of rotatable bonds is 3. The van der Waals surface area contributed by atoms with Crippen LogP contribution in [0.25, 0.3) is 11.0 Å². The lowest BCUT2D eigenvalue weighted by Gasteiger charge is -2.31. The molecule has 0 radical (unpaired) electrons. The fourth-order valence-corrected chi connectivity index (χ4v) is 2.55. The van der Waals surface area contributed by atoms with Crippen molar-refractivity contribution >= 4 is 11.0 Å². The molecule has 0 saturated carbocycles. The van der Waals surface area contributed by atoms with Crippen molar-refractivity contribution in [1.82, 2.24) is 10.2 Å². The zero-order valence-electron chi connectivity index (χ0n) is 10.4. The largest absolute Gasteiger partial charge is 0.459 e. The molecule has 1 N–H and O–H groups in total. The number of furan rings is 1. The van der Waals surface area contributed by atoms with Gasteiger partial charge in [-0.2, -0.15) is 0 Å². The van der Waals surface area contributed by atoms with Crippen LogP contribution >= 0.6 is 0 Å². The van der Waals surface area contributed by atoms with E-state index >= 15 is 0 Å². The van der Waals surface area contributed by atoms with Crippen molar-refractivity contribution in [3.63, 3.8) is 0 Å². The Hall–Kier alpha value is -1.58. The van der Waals surface area contributed by atoms with Gasteiger partial charge in [0.15, 0.2) is 0 Å². The maximum Gasteiger partial charge on any atom is 0.134 e. The van der Waals surface area contributed by atoms with Crippen molar-refractivity contribution < 1.29 is 4.42 Å². The van der Waals surface area contributed by atoms with Gasteiger partial charge in [-0.05, 0) is 12.1 Å². The fraction of sp³-hybridized carbons (Fsp3) is 0.333. The van der Waals surface area contributed by atoms with Crippen LogP contribution < -0.4 is 5.32 Å². The number of nitrogens with zero attached hydrogens (tertiary/aromatic N) is 1. The number of benzene rings is 1. The first kappa shape index (κ1) is 11.5. The first-order valence-electron chi connectivity index (χ1n) is 6.44. The normalized spacial score (nSPS) is 18.9. The van der Waals surface area contributed by atoms with Gasteiger partial charge in [0.05, 0.1) is 6.04 Å². The lowest BCUT2D eigenvalue weighted by Crippen LogP contribution is -2.44. The van der Waals surface area contributed by atoms with E-state index in [-0.39, 0.29) is 6.04 Å². The summed E-state index contributed by atoms with van der Waals surface area (Å²) in [6.07, 6.45) is 1.98. The van der Waals surface area contributed by atoms with Crippen molar-refractivity contribution in [3.8, 4) is 0 Å². The molecule has 3 heteroatoms. The number of hydrogen-bond donors (Lipinski definition) is 1. The van der Waals surface area contributed by atoms with E-state index in [1.165, 1.54) is 0 Å². The van der Waals surface area contributed by atoms with E-state index in [1.54, 1.807) is 0 Å². The van der Waals surface area contributed by atoms with Gasteiger partial charge in [0.25, 0.3) is 0 Å². The number of piperazine rings is 1. The standard InChI is InChI=1S/C15H18N2O/c1-2-13(17-9-7-16-8-10-17)15-11-12-5-3-4-6-14(12)18-15/h2-6,11,13,16H,1,7-10H2. The van der Waals surface area contributed by atoms with Crippen molar-refractivity contribution in [2.75, 3.05) is 26.2 Å². The van der Waals surface area contributed by atoms with Crippen molar-refractivity contribution in [2.24, 2.45) is 0 Å². The van der Waals surface area contributed by atoms with Gasteiger partial charge in [0, 0.05) is 31.6 Å². The third-order valence-electron chi connectivity index (χ3n) is 3.50. The van der Waals surface area contributed by atoms with Crippen LogP contribution in [0.3, 0.4) is 0 Å². The van der Waals surface area contributed by atoms with E-state index in [2.05, 4.69) is 28.9 Å². The third kappa shape index (κ3) is 2.07. The molecule has 0 bridgehead atoms. The predicted octanol–water partition coefficient (Wildman–Crippen LogP) is 2.57. The molecule has 1 aromatic carbocycles. The summed E-state index contributed by atoms with van der Waals surface area (Å²) in [5, 5.41) is 4.53. The zero-order chi connectivity index (χ0) is 12.4. The monoisotopic (exact) mass is 242 g/mol. The Morgan fingerprint density at radius 3 is 2.78 bits per heavy atom. The Balaban J connectivity index is 1.92. The quantitative estimate of drug-likeness (QED) is 0.838. The topological polar surface area (TPSA) is 28.4 Å². The van der Waals surface area contributed by atoms with Gasteiger partial charge in [-0.1, -0.05) is 24.3 Å². The minimum atomic E-state index is 0.180.